The second-order valence-corrected chi connectivity index (χ2v) is 11.0. The molecule has 16 nitrogen and oxygen atoms in total. The second kappa shape index (κ2) is 9.13. The van der Waals surface area contributed by atoms with Crippen molar-refractivity contribution in [2.75, 3.05) is 13.3 Å². The van der Waals surface area contributed by atoms with E-state index in [1.807, 2.05) is 0 Å². The van der Waals surface area contributed by atoms with Gasteiger partial charge in [-0.3, -0.25) is 14.1 Å². The van der Waals surface area contributed by atoms with Crippen LogP contribution in [0.1, 0.15) is 6.23 Å². The molecule has 0 aromatic carbocycles. The van der Waals surface area contributed by atoms with Crippen LogP contribution in [0.25, 0.3) is 0 Å². The van der Waals surface area contributed by atoms with Gasteiger partial charge in [-0.2, -0.15) is 8.62 Å². The molecule has 1 aliphatic heterocycles. The van der Waals surface area contributed by atoms with Crippen LogP contribution in [0.2, 0.25) is 0 Å². The third-order valence-electron chi connectivity index (χ3n) is 3.78. The van der Waals surface area contributed by atoms with Crippen molar-refractivity contribution < 1.29 is 70.1 Å². The predicted octanol–water partition coefficient (Wildman–Crippen LogP) is -0.495. The highest BCUT2D eigenvalue weighted by Crippen LogP contribution is 2.66. The first-order chi connectivity index (χ1) is 14.3. The summed E-state index contributed by atoms with van der Waals surface area (Å²) in [6.45, 7) is -3.78. The van der Waals surface area contributed by atoms with Gasteiger partial charge in [-0.1, -0.05) is 12.2 Å². The van der Waals surface area contributed by atoms with Crippen molar-refractivity contribution in [1.29, 1.82) is 0 Å². The van der Waals surface area contributed by atoms with Gasteiger partial charge >= 0.3 is 29.2 Å². The van der Waals surface area contributed by atoms with Gasteiger partial charge in [0.2, 0.25) is 0 Å². The maximum Gasteiger partial charge on any atom is 0.490 e. The number of hydrogen-bond acceptors (Lipinski definition) is 11. The maximum absolute atomic E-state index is 15.1. The minimum absolute atomic E-state index is 0.104. The summed E-state index contributed by atoms with van der Waals surface area (Å²) in [4.78, 5) is 49.4. The number of aliphatic hydroxyl groups excluding tert-OH is 1. The molecule has 1 aromatic rings. The van der Waals surface area contributed by atoms with Crippen LogP contribution in [0.4, 0.5) is 8.78 Å². The Morgan fingerprint density at radius 2 is 1.81 bits per heavy atom. The van der Waals surface area contributed by atoms with Crippen molar-refractivity contribution in [2.45, 2.75) is 23.8 Å². The van der Waals surface area contributed by atoms with Gasteiger partial charge in [0.25, 0.3) is 5.85 Å². The molecule has 22 heteroatoms. The van der Waals surface area contributed by atoms with Gasteiger partial charge in [0.05, 0.1) is 0 Å². The average molecular weight is 550 g/mol. The van der Waals surface area contributed by atoms with E-state index in [9.17, 15) is 38.0 Å². The number of nitrogens with one attached hydrogen (secondary N) is 1. The fourth-order valence-corrected chi connectivity index (χ4v) is 5.68. The van der Waals surface area contributed by atoms with Crippen molar-refractivity contribution in [1.82, 2.24) is 9.55 Å². The molecule has 0 amide bonds. The van der Waals surface area contributed by atoms with E-state index < -0.39 is 66.2 Å². The molecule has 1 fully saturated rings. The molecule has 0 bridgehead atoms. The Morgan fingerprint density at radius 3 is 2.31 bits per heavy atom. The van der Waals surface area contributed by atoms with Crippen molar-refractivity contribution in [2.24, 2.45) is 0 Å². The molecule has 2 rings (SSSR count). The first-order valence-electron chi connectivity index (χ1n) is 7.77. The molecule has 0 spiro atoms. The number of aliphatic hydroxyl groups is 2. The Bertz CT molecular complexity index is 1120. The summed E-state index contributed by atoms with van der Waals surface area (Å²) in [6.07, 6.45) is -4.28. The molecule has 0 radical (unpaired) electrons. The van der Waals surface area contributed by atoms with Crippen LogP contribution in [0.3, 0.4) is 0 Å². The second-order valence-electron chi connectivity index (χ2n) is 6.17. The van der Waals surface area contributed by atoms with Crippen molar-refractivity contribution in [3.8, 4) is 0 Å². The van der Waals surface area contributed by atoms with Gasteiger partial charge in [0.15, 0.2) is 17.9 Å². The average Bonchev–Trinajstić information content (AvgIpc) is 2.80. The third kappa shape index (κ3) is 6.22. The number of phosphoric acid groups is 3. The standard InChI is InChI=1S/C10H15F2N2O14P3S/c11-3-9(17)6(15)10(12,26-7(9)14-2-1-5(32)13-8(14)16)4-25-30(21,22)28-31(23,24)27-29(18,19)20/h1-2,6-7,15,17H,3-4H2,(H,21,22)(H,23,24)(H,13,16,32)(H2,18,19,20)/t6-,7-,9?,10-/m1/s1. The Balaban J connectivity index is 2.27. The lowest BCUT2D eigenvalue weighted by molar-refractivity contribution is -0.204. The van der Waals surface area contributed by atoms with E-state index in [1.54, 1.807) is 0 Å². The van der Waals surface area contributed by atoms with Crippen LogP contribution < -0.4 is 5.69 Å². The van der Waals surface area contributed by atoms with Crippen molar-refractivity contribution >= 4 is 35.7 Å². The molecule has 6 atom stereocenters. The number of hydrogen-bond donors (Lipinski definition) is 7. The summed E-state index contributed by atoms with van der Waals surface area (Å²) >= 11 is 4.68. The van der Waals surface area contributed by atoms with Gasteiger partial charge < -0.3 is 34.5 Å². The predicted molar refractivity (Wildman–Crippen MR) is 96.6 cm³/mol. The normalized spacial score (nSPS) is 32.4. The van der Waals surface area contributed by atoms with Gasteiger partial charge in [-0.05, 0) is 6.07 Å². The lowest BCUT2D eigenvalue weighted by Crippen LogP contribution is -2.53. The van der Waals surface area contributed by atoms with Crippen LogP contribution >= 0.6 is 35.7 Å². The Hall–Kier alpha value is -0.750. The van der Waals surface area contributed by atoms with Crippen molar-refractivity contribution in [3.05, 3.63) is 27.4 Å². The number of ether oxygens (including phenoxy) is 1. The zero-order valence-electron chi connectivity index (χ0n) is 15.1. The number of nitrogens with zero attached hydrogens (tertiary/aromatic N) is 1. The number of aromatic nitrogens is 2. The molecule has 1 aliphatic rings. The van der Waals surface area contributed by atoms with Crippen LogP contribution in [0.5, 0.6) is 0 Å². The lowest BCUT2D eigenvalue weighted by Gasteiger charge is -2.28. The number of aromatic amines is 1. The van der Waals surface area contributed by atoms with E-state index in [2.05, 4.69) is 35.1 Å². The number of H-pyrrole nitrogens is 1. The Kier molecular flexibility index (Phi) is 7.84. The Labute approximate surface area is 180 Å². The van der Waals surface area contributed by atoms with Crippen molar-refractivity contribution in [3.63, 3.8) is 0 Å². The highest BCUT2D eigenvalue weighted by atomic mass is 32.1. The van der Waals surface area contributed by atoms with Crippen LogP contribution in [0, 0.1) is 4.64 Å². The fourth-order valence-electron chi connectivity index (χ4n) is 2.49. The topological polar surface area (TPSA) is 247 Å². The first kappa shape index (κ1) is 27.5. The minimum atomic E-state index is -5.93. The van der Waals surface area contributed by atoms with E-state index in [0.717, 1.165) is 12.3 Å². The summed E-state index contributed by atoms with van der Waals surface area (Å²) in [5.41, 5.74) is -4.27. The highest BCUT2D eigenvalue weighted by Gasteiger charge is 2.66. The molecule has 32 heavy (non-hydrogen) atoms. The molecule has 0 saturated carbocycles. The van der Waals surface area contributed by atoms with Crippen LogP contribution in [-0.2, 0) is 31.6 Å². The molecule has 0 aliphatic carbocycles. The Morgan fingerprint density at radius 1 is 1.22 bits per heavy atom. The van der Waals surface area contributed by atoms with E-state index in [1.165, 1.54) is 0 Å². The van der Waals surface area contributed by atoms with E-state index >= 15 is 4.39 Å². The number of halogens is 2. The first-order valence-corrected chi connectivity index (χ1v) is 12.7. The lowest BCUT2D eigenvalue weighted by atomic mass is 9.94. The zero-order valence-corrected chi connectivity index (χ0v) is 18.6. The molecular formula is C10H15F2N2O14P3S. The van der Waals surface area contributed by atoms with Gasteiger partial charge in [-0.15, -0.1) is 0 Å². The van der Waals surface area contributed by atoms with E-state index in [-0.39, 0.29) is 4.64 Å². The third-order valence-corrected chi connectivity index (χ3v) is 7.80. The molecule has 184 valence electrons. The summed E-state index contributed by atoms with van der Waals surface area (Å²) in [7, 11) is -17.5. The molecule has 7 N–H and O–H groups in total. The molecule has 1 saturated heterocycles. The molecule has 3 unspecified atom stereocenters. The number of rotatable bonds is 9. The van der Waals surface area contributed by atoms with Crippen LogP contribution in [0.15, 0.2) is 17.1 Å². The maximum atomic E-state index is 15.1. The number of alkyl halides is 2. The van der Waals surface area contributed by atoms with Gasteiger partial charge in [0, 0.05) is 6.20 Å². The molecular weight excluding hydrogens is 535 g/mol. The monoisotopic (exact) mass is 550 g/mol. The number of phosphoric ester groups is 1. The summed E-state index contributed by atoms with van der Waals surface area (Å²) in [5.74, 6) is -3.72. The highest BCUT2D eigenvalue weighted by molar-refractivity contribution is 7.71. The smallest absolute Gasteiger partial charge is 0.384 e. The fraction of sp³-hybridized carbons (Fsp3) is 0.600. The summed E-state index contributed by atoms with van der Waals surface area (Å²) < 4.78 is 78.1. The van der Waals surface area contributed by atoms with Gasteiger partial charge in [-0.25, -0.2) is 27.3 Å². The summed E-state index contributed by atoms with van der Waals surface area (Å²) in [6, 6.07) is 1.06. The van der Waals surface area contributed by atoms with E-state index in [0.29, 0.717) is 4.57 Å². The molecule has 1 aromatic heterocycles. The van der Waals surface area contributed by atoms with Gasteiger partial charge in [0.1, 0.15) is 17.9 Å². The van der Waals surface area contributed by atoms with Crippen LogP contribution in [-0.4, -0.2) is 70.2 Å². The molecule has 2 heterocycles. The zero-order chi connectivity index (χ0) is 24.8. The largest absolute Gasteiger partial charge is 0.490 e. The summed E-state index contributed by atoms with van der Waals surface area (Å²) in [5, 5.41) is 20.4. The quantitative estimate of drug-likeness (QED) is 0.151. The van der Waals surface area contributed by atoms with E-state index in [4.69, 9.17) is 14.7 Å². The SMILES string of the molecule is O=c1[nH]c(=S)ccn1[C@@H]1O[C@](F)(COP(=O)(O)OP(=O)(O)OP(=O)(O)O)[C@H](O)C1(O)CF. The minimum Gasteiger partial charge on any atom is -0.384 e.